The van der Waals surface area contributed by atoms with Crippen LogP contribution in [0.5, 0.6) is 0 Å². The van der Waals surface area contributed by atoms with Gasteiger partial charge in [-0.3, -0.25) is 9.59 Å². The van der Waals surface area contributed by atoms with Crippen LogP contribution >= 0.6 is 0 Å². The largest absolute Gasteiger partial charge is 0.312 e. The molecule has 1 aromatic heterocycles. The van der Waals surface area contributed by atoms with E-state index in [1.807, 2.05) is 0 Å². The minimum atomic E-state index is -3.12. The fraction of sp³-hybridized carbons (Fsp3) is 0.455. The number of carbonyl (C=O) groups is 2. The summed E-state index contributed by atoms with van der Waals surface area (Å²) in [6.45, 7) is 1.71. The van der Waals surface area contributed by atoms with Crippen LogP contribution in [0.2, 0.25) is 0 Å². The molecule has 1 saturated heterocycles. The summed E-state index contributed by atoms with van der Waals surface area (Å²) < 4.78 is 56.6. The summed E-state index contributed by atoms with van der Waals surface area (Å²) in [6.07, 6.45) is 0.401. The van der Waals surface area contributed by atoms with E-state index in [9.17, 15) is 27.2 Å². The van der Waals surface area contributed by atoms with Crippen molar-refractivity contribution < 1.29 is 27.2 Å². The molecule has 164 valence electrons. The molecule has 31 heavy (non-hydrogen) atoms. The van der Waals surface area contributed by atoms with Crippen molar-refractivity contribution in [3.8, 4) is 0 Å². The van der Waals surface area contributed by atoms with Gasteiger partial charge in [0.1, 0.15) is 23.2 Å². The molecule has 0 bridgehead atoms. The predicted molar refractivity (Wildman–Crippen MR) is 104 cm³/mol. The van der Waals surface area contributed by atoms with Crippen molar-refractivity contribution in [3.63, 3.8) is 0 Å². The lowest BCUT2D eigenvalue weighted by atomic mass is 9.66. The van der Waals surface area contributed by atoms with Crippen molar-refractivity contribution in [3.05, 3.63) is 53.6 Å². The normalized spacial score (nSPS) is 25.3. The van der Waals surface area contributed by atoms with Crippen LogP contribution in [-0.2, 0) is 4.79 Å². The molecule has 1 amide bonds. The first-order valence-corrected chi connectivity index (χ1v) is 10.1. The molecule has 2 atom stereocenters. The van der Waals surface area contributed by atoms with Gasteiger partial charge in [-0.25, -0.2) is 27.5 Å². The Kier molecular flexibility index (Phi) is 5.31. The second-order valence-electron chi connectivity index (χ2n) is 8.54. The molecule has 1 saturated carbocycles. The van der Waals surface area contributed by atoms with Gasteiger partial charge in [-0.15, -0.1) is 0 Å². The smallest absolute Gasteiger partial charge is 0.249 e. The zero-order chi connectivity index (χ0) is 22.4. The number of nitrogens with zero attached hydrogens (tertiary/aromatic N) is 3. The zero-order valence-electron chi connectivity index (χ0n) is 16.9. The molecule has 9 heteroatoms. The molecule has 0 N–H and O–H groups in total. The quantitative estimate of drug-likeness (QED) is 0.524. The number of benzene rings is 1. The highest BCUT2D eigenvalue weighted by atomic mass is 19.3. The Morgan fingerprint density at radius 3 is 2.58 bits per heavy atom. The number of alkyl halides is 2. The van der Waals surface area contributed by atoms with Gasteiger partial charge in [0.25, 0.3) is 0 Å². The lowest BCUT2D eigenvalue weighted by Gasteiger charge is -2.40. The molecule has 0 radical (unpaired) electrons. The minimum Gasteiger partial charge on any atom is -0.312 e. The van der Waals surface area contributed by atoms with Crippen molar-refractivity contribution in [1.82, 2.24) is 9.97 Å². The average molecular weight is 435 g/mol. The maximum absolute atomic E-state index is 14.7. The number of halogens is 4. The molecular formula is C22H21F4N3O2. The van der Waals surface area contributed by atoms with E-state index >= 15 is 0 Å². The van der Waals surface area contributed by atoms with Gasteiger partial charge in [0, 0.05) is 43.8 Å². The maximum Gasteiger partial charge on any atom is 0.249 e. The molecule has 2 aliphatic rings. The molecule has 1 aromatic carbocycles. The van der Waals surface area contributed by atoms with E-state index in [1.165, 1.54) is 17.2 Å². The number of amides is 1. The monoisotopic (exact) mass is 435 g/mol. The van der Waals surface area contributed by atoms with Crippen LogP contribution in [0.15, 0.2) is 30.5 Å². The van der Waals surface area contributed by atoms with E-state index < -0.39 is 47.6 Å². The van der Waals surface area contributed by atoms with Gasteiger partial charge in [-0.2, -0.15) is 0 Å². The number of anilines is 1. The summed E-state index contributed by atoms with van der Waals surface area (Å²) in [5.74, 6) is -6.07. The number of hydrogen-bond acceptors (Lipinski definition) is 4. The van der Waals surface area contributed by atoms with Gasteiger partial charge >= 0.3 is 0 Å². The summed E-state index contributed by atoms with van der Waals surface area (Å²) in [5, 5.41) is 0. The number of Topliss-reactive ketones (excluding diaryl/α,β-unsaturated/α-hetero) is 1. The first kappa shape index (κ1) is 21.4. The Hall–Kier alpha value is -2.84. The van der Waals surface area contributed by atoms with Gasteiger partial charge < -0.3 is 4.90 Å². The molecule has 2 fully saturated rings. The number of aromatic nitrogens is 2. The van der Waals surface area contributed by atoms with Gasteiger partial charge in [0.2, 0.25) is 11.8 Å². The first-order chi connectivity index (χ1) is 14.6. The van der Waals surface area contributed by atoms with Crippen LogP contribution in [0.3, 0.4) is 0 Å². The number of rotatable bonds is 4. The molecule has 1 aliphatic heterocycles. The van der Waals surface area contributed by atoms with Gasteiger partial charge in [-0.1, -0.05) is 0 Å². The summed E-state index contributed by atoms with van der Waals surface area (Å²) in [5.41, 5.74) is -1.20. The van der Waals surface area contributed by atoms with Crippen molar-refractivity contribution in [2.24, 2.45) is 11.3 Å². The topological polar surface area (TPSA) is 63.2 Å². The summed E-state index contributed by atoms with van der Waals surface area (Å²) in [6, 6.07) is 4.15. The van der Waals surface area contributed by atoms with Crippen molar-refractivity contribution in [1.29, 1.82) is 0 Å². The Bertz CT molecular complexity index is 1020. The molecular weight excluding hydrogens is 414 g/mol. The average Bonchev–Trinajstić information content (AvgIpc) is 2.95. The standard InChI is InChI=1S/C22H21F4N3O2/c1-13-27-4-2-18(28-13)19(30)6-14-10-21(12-22(25,26)11-14)3-5-29(20(21)31)17-8-15(23)7-16(24)9-17/h2,4,7-9,14H,3,5-6,10-12H2,1H3/t14-,21-/m0/s1. The van der Waals surface area contributed by atoms with Gasteiger partial charge in [0.15, 0.2) is 5.78 Å². The fourth-order valence-corrected chi connectivity index (χ4v) is 4.92. The summed E-state index contributed by atoms with van der Waals surface area (Å²) >= 11 is 0. The van der Waals surface area contributed by atoms with E-state index in [-0.39, 0.29) is 43.0 Å². The van der Waals surface area contributed by atoms with Crippen LogP contribution in [0.25, 0.3) is 0 Å². The third kappa shape index (κ3) is 4.31. The third-order valence-electron chi connectivity index (χ3n) is 6.07. The van der Waals surface area contributed by atoms with Crippen LogP contribution in [0, 0.1) is 29.9 Å². The van der Waals surface area contributed by atoms with Gasteiger partial charge in [-0.05, 0) is 43.9 Å². The maximum atomic E-state index is 14.7. The zero-order valence-corrected chi connectivity index (χ0v) is 16.9. The lowest BCUT2D eigenvalue weighted by Crippen LogP contribution is -2.45. The van der Waals surface area contributed by atoms with Crippen LogP contribution in [0.1, 0.15) is 48.4 Å². The van der Waals surface area contributed by atoms with Crippen molar-refractivity contribution in [2.75, 3.05) is 11.4 Å². The van der Waals surface area contributed by atoms with E-state index in [4.69, 9.17) is 0 Å². The van der Waals surface area contributed by atoms with E-state index in [0.29, 0.717) is 11.9 Å². The highest BCUT2D eigenvalue weighted by Crippen LogP contribution is 2.53. The molecule has 2 heterocycles. The SMILES string of the molecule is Cc1nccc(C(=O)C[C@@H]2CC(F)(F)C[C@]3(CCN(c4cc(F)cc(F)c4)C3=O)C2)n1. The molecule has 4 rings (SSSR count). The molecule has 0 unspecified atom stereocenters. The molecule has 2 aromatic rings. The van der Waals surface area contributed by atoms with E-state index in [1.54, 1.807) is 6.92 Å². The summed E-state index contributed by atoms with van der Waals surface area (Å²) in [4.78, 5) is 34.9. The lowest BCUT2D eigenvalue weighted by molar-refractivity contribution is -0.143. The van der Waals surface area contributed by atoms with Crippen LogP contribution in [0.4, 0.5) is 23.2 Å². The number of aryl methyl sites for hydroxylation is 1. The second-order valence-corrected chi connectivity index (χ2v) is 8.54. The number of carbonyl (C=O) groups excluding carboxylic acids is 2. The predicted octanol–water partition coefficient (Wildman–Crippen LogP) is 4.49. The Balaban J connectivity index is 1.56. The Morgan fingerprint density at radius 2 is 1.90 bits per heavy atom. The first-order valence-electron chi connectivity index (χ1n) is 10.1. The molecule has 5 nitrogen and oxygen atoms in total. The van der Waals surface area contributed by atoms with E-state index in [0.717, 1.165) is 12.1 Å². The van der Waals surface area contributed by atoms with Gasteiger partial charge in [0.05, 0.1) is 5.41 Å². The minimum absolute atomic E-state index is 0.0114. The fourth-order valence-electron chi connectivity index (χ4n) is 4.92. The van der Waals surface area contributed by atoms with Crippen molar-refractivity contribution >= 4 is 17.4 Å². The Morgan fingerprint density at radius 1 is 1.19 bits per heavy atom. The van der Waals surface area contributed by atoms with E-state index in [2.05, 4.69) is 9.97 Å². The highest BCUT2D eigenvalue weighted by molar-refractivity contribution is 6.00. The summed E-state index contributed by atoms with van der Waals surface area (Å²) in [7, 11) is 0. The molecule has 1 aliphatic carbocycles. The van der Waals surface area contributed by atoms with Crippen LogP contribution < -0.4 is 4.90 Å². The Labute approximate surface area is 176 Å². The van der Waals surface area contributed by atoms with Crippen LogP contribution in [-0.4, -0.2) is 34.1 Å². The second kappa shape index (κ2) is 7.69. The third-order valence-corrected chi connectivity index (χ3v) is 6.07. The number of hydrogen-bond donors (Lipinski definition) is 0. The molecule has 1 spiro atoms. The highest BCUT2D eigenvalue weighted by Gasteiger charge is 2.57. The number of ketones is 1. The van der Waals surface area contributed by atoms with Crippen molar-refractivity contribution in [2.45, 2.75) is 45.0 Å².